The Balaban J connectivity index is 1.89. The maximum Gasteiger partial charge on any atom is 0.142 e. The van der Waals surface area contributed by atoms with Crippen LogP contribution in [0.1, 0.15) is 53.4 Å². The summed E-state index contributed by atoms with van der Waals surface area (Å²) in [4.78, 5) is 15.0. The van der Waals surface area contributed by atoms with Crippen molar-refractivity contribution in [2.24, 2.45) is 23.2 Å². The molecule has 2 rings (SSSR count). The smallest absolute Gasteiger partial charge is 0.142 e. The number of likely N-dealkylation sites (tertiary alicyclic amines) is 1. The first-order chi connectivity index (χ1) is 8.40. The van der Waals surface area contributed by atoms with E-state index in [9.17, 15) is 4.79 Å². The Bertz CT molecular complexity index is 308. The first-order valence-electron chi connectivity index (χ1n) is 7.67. The van der Waals surface area contributed by atoms with Gasteiger partial charge < -0.3 is 4.90 Å². The molecule has 0 N–H and O–H groups in total. The molecule has 104 valence electrons. The molecule has 0 radical (unpaired) electrons. The molecule has 1 saturated heterocycles. The lowest BCUT2D eigenvalue weighted by atomic mass is 9.71. The monoisotopic (exact) mass is 251 g/mol. The lowest BCUT2D eigenvalue weighted by Gasteiger charge is -2.35. The first kappa shape index (κ1) is 14.0. The van der Waals surface area contributed by atoms with Gasteiger partial charge in [0.25, 0.3) is 0 Å². The highest BCUT2D eigenvalue weighted by Gasteiger charge is 2.38. The number of hydrogen-bond donors (Lipinski definition) is 0. The summed E-state index contributed by atoms with van der Waals surface area (Å²) in [5, 5.41) is 0. The van der Waals surface area contributed by atoms with Gasteiger partial charge in [0.1, 0.15) is 5.78 Å². The third-order valence-corrected chi connectivity index (χ3v) is 5.12. The molecular formula is C16H29NO. The highest BCUT2D eigenvalue weighted by Crippen LogP contribution is 2.36. The topological polar surface area (TPSA) is 20.3 Å². The van der Waals surface area contributed by atoms with Crippen molar-refractivity contribution in [3.8, 4) is 0 Å². The van der Waals surface area contributed by atoms with Crippen LogP contribution in [0.15, 0.2) is 0 Å². The van der Waals surface area contributed by atoms with E-state index in [4.69, 9.17) is 0 Å². The lowest BCUT2D eigenvalue weighted by molar-refractivity contribution is -0.134. The zero-order chi connectivity index (χ0) is 13.3. The number of carbonyl (C=O) groups excluding carboxylic acids is 1. The normalized spacial score (nSPS) is 33.3. The van der Waals surface area contributed by atoms with Crippen LogP contribution in [0.3, 0.4) is 0 Å². The second-order valence-corrected chi connectivity index (χ2v) is 7.39. The zero-order valence-electron chi connectivity index (χ0n) is 12.5. The molecule has 0 bridgehead atoms. The van der Waals surface area contributed by atoms with E-state index < -0.39 is 0 Å². The largest absolute Gasteiger partial charge is 0.302 e. The minimum atomic E-state index is -0.0694. The van der Waals surface area contributed by atoms with Crippen LogP contribution in [0, 0.1) is 23.2 Å². The zero-order valence-corrected chi connectivity index (χ0v) is 12.5. The van der Waals surface area contributed by atoms with E-state index in [2.05, 4.69) is 32.6 Å². The fourth-order valence-corrected chi connectivity index (χ4v) is 3.66. The number of nitrogens with zero attached hydrogens (tertiary/aromatic N) is 1. The Kier molecular flexibility index (Phi) is 4.15. The maximum atomic E-state index is 12.4. The molecule has 1 aliphatic carbocycles. The van der Waals surface area contributed by atoms with Gasteiger partial charge in [0, 0.05) is 24.4 Å². The van der Waals surface area contributed by atoms with E-state index in [0.717, 1.165) is 31.2 Å². The quantitative estimate of drug-likeness (QED) is 0.766. The van der Waals surface area contributed by atoms with Gasteiger partial charge >= 0.3 is 0 Å². The van der Waals surface area contributed by atoms with Crippen molar-refractivity contribution >= 4 is 5.78 Å². The predicted octanol–water partition coefficient (Wildman–Crippen LogP) is 3.36. The van der Waals surface area contributed by atoms with Gasteiger partial charge in [-0.05, 0) is 37.6 Å². The van der Waals surface area contributed by atoms with E-state index in [1.54, 1.807) is 0 Å². The molecule has 0 aromatic heterocycles. The van der Waals surface area contributed by atoms with E-state index in [0.29, 0.717) is 11.7 Å². The molecule has 1 saturated carbocycles. The van der Waals surface area contributed by atoms with Crippen LogP contribution in [0.2, 0.25) is 0 Å². The summed E-state index contributed by atoms with van der Waals surface area (Å²) in [7, 11) is 0. The van der Waals surface area contributed by atoms with Gasteiger partial charge in [-0.25, -0.2) is 0 Å². The molecule has 18 heavy (non-hydrogen) atoms. The van der Waals surface area contributed by atoms with E-state index in [-0.39, 0.29) is 5.41 Å². The van der Waals surface area contributed by atoms with Gasteiger partial charge in [-0.2, -0.15) is 0 Å². The number of carbonyl (C=O) groups is 1. The average Bonchev–Trinajstić information content (AvgIpc) is 2.73. The second kappa shape index (κ2) is 5.32. The Morgan fingerprint density at radius 3 is 2.67 bits per heavy atom. The molecule has 2 nitrogen and oxygen atoms in total. The molecule has 2 unspecified atom stereocenters. The summed E-state index contributed by atoms with van der Waals surface area (Å²) in [5.74, 6) is 2.45. The van der Waals surface area contributed by atoms with Crippen molar-refractivity contribution in [1.82, 2.24) is 4.90 Å². The van der Waals surface area contributed by atoms with Crippen molar-refractivity contribution < 1.29 is 4.79 Å². The summed E-state index contributed by atoms with van der Waals surface area (Å²) in [6.07, 6.45) is 4.74. The van der Waals surface area contributed by atoms with Crippen molar-refractivity contribution in [3.05, 3.63) is 0 Å². The highest BCUT2D eigenvalue weighted by atomic mass is 16.1. The van der Waals surface area contributed by atoms with Crippen LogP contribution in [0.25, 0.3) is 0 Å². The molecule has 2 heteroatoms. The molecule has 0 spiro atoms. The minimum Gasteiger partial charge on any atom is -0.302 e. The van der Waals surface area contributed by atoms with Crippen LogP contribution >= 0.6 is 0 Å². The molecule has 1 heterocycles. The van der Waals surface area contributed by atoms with Crippen LogP contribution in [0.5, 0.6) is 0 Å². The van der Waals surface area contributed by atoms with Crippen molar-refractivity contribution in [2.45, 2.75) is 53.4 Å². The van der Waals surface area contributed by atoms with Gasteiger partial charge in [0.2, 0.25) is 0 Å². The standard InChI is InChI=1S/C16H29NO/c1-12(2)13-7-9-17(10-13)11-14-6-5-8-16(3,4)15(14)18/h12-14H,5-11H2,1-4H3. The Morgan fingerprint density at radius 1 is 1.33 bits per heavy atom. The summed E-state index contributed by atoms with van der Waals surface area (Å²) >= 11 is 0. The molecule has 2 atom stereocenters. The average molecular weight is 251 g/mol. The summed E-state index contributed by atoms with van der Waals surface area (Å²) in [6, 6.07) is 0. The van der Waals surface area contributed by atoms with Crippen molar-refractivity contribution in [3.63, 3.8) is 0 Å². The van der Waals surface area contributed by atoms with Gasteiger partial charge in [0.05, 0.1) is 0 Å². The van der Waals surface area contributed by atoms with Gasteiger partial charge in [-0.1, -0.05) is 34.1 Å². The first-order valence-corrected chi connectivity index (χ1v) is 7.67. The second-order valence-electron chi connectivity index (χ2n) is 7.39. The number of hydrogen-bond acceptors (Lipinski definition) is 2. The van der Waals surface area contributed by atoms with Gasteiger partial charge in [0.15, 0.2) is 0 Å². The Labute approximate surface area is 112 Å². The predicted molar refractivity (Wildman–Crippen MR) is 75.5 cm³/mol. The molecule has 0 aromatic rings. The van der Waals surface area contributed by atoms with Gasteiger partial charge in [-0.3, -0.25) is 4.79 Å². The highest BCUT2D eigenvalue weighted by molar-refractivity contribution is 5.87. The van der Waals surface area contributed by atoms with E-state index >= 15 is 0 Å². The number of Topliss-reactive ketones (excluding diaryl/α,β-unsaturated/α-hetero) is 1. The summed E-state index contributed by atoms with van der Waals surface area (Å²) in [5.41, 5.74) is -0.0694. The lowest BCUT2D eigenvalue weighted by Crippen LogP contribution is -2.41. The van der Waals surface area contributed by atoms with Gasteiger partial charge in [-0.15, -0.1) is 0 Å². The van der Waals surface area contributed by atoms with Crippen molar-refractivity contribution in [2.75, 3.05) is 19.6 Å². The van der Waals surface area contributed by atoms with Crippen LogP contribution in [-0.4, -0.2) is 30.3 Å². The van der Waals surface area contributed by atoms with E-state index in [1.807, 2.05) is 0 Å². The molecular weight excluding hydrogens is 222 g/mol. The SMILES string of the molecule is CC(C)C1CCN(CC2CCCC(C)(C)C2=O)C1. The number of ketones is 1. The third-order valence-electron chi connectivity index (χ3n) is 5.12. The fraction of sp³-hybridized carbons (Fsp3) is 0.938. The maximum absolute atomic E-state index is 12.4. The molecule has 2 fully saturated rings. The van der Waals surface area contributed by atoms with Crippen LogP contribution in [0.4, 0.5) is 0 Å². The van der Waals surface area contributed by atoms with Crippen LogP contribution < -0.4 is 0 Å². The van der Waals surface area contributed by atoms with E-state index in [1.165, 1.54) is 25.9 Å². The molecule has 0 aromatic carbocycles. The Hall–Kier alpha value is -0.370. The number of rotatable bonds is 3. The minimum absolute atomic E-state index is 0.0694. The molecule has 2 aliphatic rings. The third kappa shape index (κ3) is 2.96. The van der Waals surface area contributed by atoms with Crippen molar-refractivity contribution in [1.29, 1.82) is 0 Å². The fourth-order valence-electron chi connectivity index (χ4n) is 3.66. The summed E-state index contributed by atoms with van der Waals surface area (Å²) in [6.45, 7) is 12.3. The molecule has 1 aliphatic heterocycles. The molecule has 0 amide bonds. The Morgan fingerprint density at radius 2 is 2.06 bits per heavy atom. The summed E-state index contributed by atoms with van der Waals surface area (Å²) < 4.78 is 0. The van der Waals surface area contributed by atoms with Crippen LogP contribution in [-0.2, 0) is 4.79 Å².